The Morgan fingerprint density at radius 3 is 2.76 bits per heavy atom. The lowest BCUT2D eigenvalue weighted by Gasteiger charge is -2.36. The third kappa shape index (κ3) is 2.87. The van der Waals surface area contributed by atoms with Crippen molar-refractivity contribution in [3.8, 4) is 0 Å². The minimum atomic E-state index is 0.591. The maximum Gasteiger partial charge on any atom is 0.208 e. The van der Waals surface area contributed by atoms with E-state index in [9.17, 15) is 0 Å². The molecule has 1 aromatic heterocycles. The highest BCUT2D eigenvalue weighted by Gasteiger charge is 2.25. The SMILES string of the molecule is CNC1CCN(Cc2nc(C)c(C)o2)C(C)C1. The molecule has 1 N–H and O–H groups in total. The van der Waals surface area contributed by atoms with Crippen molar-refractivity contribution in [2.75, 3.05) is 13.6 Å². The lowest BCUT2D eigenvalue weighted by Crippen LogP contribution is -2.46. The molecule has 2 rings (SSSR count). The van der Waals surface area contributed by atoms with Gasteiger partial charge in [-0.1, -0.05) is 0 Å². The Morgan fingerprint density at radius 1 is 1.47 bits per heavy atom. The first kappa shape index (κ1) is 12.6. The molecule has 1 saturated heterocycles. The molecule has 2 atom stereocenters. The first-order valence-corrected chi connectivity index (χ1v) is 6.44. The molecule has 1 aliphatic rings. The van der Waals surface area contributed by atoms with Gasteiger partial charge in [-0.2, -0.15) is 0 Å². The first-order chi connectivity index (χ1) is 8.10. The molecule has 4 heteroatoms. The number of nitrogens with zero attached hydrogens (tertiary/aromatic N) is 2. The molecule has 4 nitrogen and oxygen atoms in total. The van der Waals surface area contributed by atoms with Crippen LogP contribution in [0.5, 0.6) is 0 Å². The fourth-order valence-electron chi connectivity index (χ4n) is 2.50. The molecule has 0 aliphatic carbocycles. The van der Waals surface area contributed by atoms with Crippen LogP contribution in [0.4, 0.5) is 0 Å². The van der Waals surface area contributed by atoms with Gasteiger partial charge in [-0.3, -0.25) is 4.90 Å². The standard InChI is InChI=1S/C13H23N3O/c1-9-7-12(14-4)5-6-16(9)8-13-15-10(2)11(3)17-13/h9,12,14H,5-8H2,1-4H3. The highest BCUT2D eigenvalue weighted by atomic mass is 16.4. The lowest BCUT2D eigenvalue weighted by atomic mass is 9.98. The van der Waals surface area contributed by atoms with E-state index in [1.165, 1.54) is 12.8 Å². The van der Waals surface area contributed by atoms with E-state index in [0.717, 1.165) is 30.4 Å². The van der Waals surface area contributed by atoms with Gasteiger partial charge in [0.05, 0.1) is 12.2 Å². The zero-order chi connectivity index (χ0) is 12.4. The van der Waals surface area contributed by atoms with Crippen LogP contribution in [0, 0.1) is 13.8 Å². The Balaban J connectivity index is 1.95. The monoisotopic (exact) mass is 237 g/mol. The van der Waals surface area contributed by atoms with Gasteiger partial charge in [0.25, 0.3) is 0 Å². The number of nitrogens with one attached hydrogen (secondary N) is 1. The summed E-state index contributed by atoms with van der Waals surface area (Å²) in [6.45, 7) is 8.22. The van der Waals surface area contributed by atoms with E-state index in [1.54, 1.807) is 0 Å². The topological polar surface area (TPSA) is 41.3 Å². The average molecular weight is 237 g/mol. The molecule has 1 fully saturated rings. The number of hydrogen-bond donors (Lipinski definition) is 1. The molecular formula is C13H23N3O. The van der Waals surface area contributed by atoms with Crippen LogP contribution in [-0.2, 0) is 6.54 Å². The Labute approximate surface area is 103 Å². The Bertz CT molecular complexity index is 355. The molecule has 1 aliphatic heterocycles. The van der Waals surface area contributed by atoms with Crippen molar-refractivity contribution in [1.29, 1.82) is 0 Å². The average Bonchev–Trinajstić information content (AvgIpc) is 2.61. The van der Waals surface area contributed by atoms with Gasteiger partial charge in [0.2, 0.25) is 5.89 Å². The number of hydrogen-bond acceptors (Lipinski definition) is 4. The predicted molar refractivity (Wildman–Crippen MR) is 67.9 cm³/mol. The Kier molecular flexibility index (Phi) is 3.84. The number of oxazole rings is 1. The van der Waals surface area contributed by atoms with Crippen LogP contribution in [-0.4, -0.2) is 35.6 Å². The largest absolute Gasteiger partial charge is 0.444 e. The third-order valence-electron chi connectivity index (χ3n) is 3.83. The molecule has 0 radical (unpaired) electrons. The van der Waals surface area contributed by atoms with Gasteiger partial charge in [-0.15, -0.1) is 0 Å². The van der Waals surface area contributed by atoms with Crippen molar-refractivity contribution in [2.24, 2.45) is 0 Å². The lowest BCUT2D eigenvalue weighted by molar-refractivity contribution is 0.119. The minimum Gasteiger partial charge on any atom is -0.444 e. The predicted octanol–water partition coefficient (Wildman–Crippen LogP) is 1.86. The second-order valence-electron chi connectivity index (χ2n) is 5.08. The first-order valence-electron chi connectivity index (χ1n) is 6.44. The van der Waals surface area contributed by atoms with Crippen molar-refractivity contribution in [1.82, 2.24) is 15.2 Å². The van der Waals surface area contributed by atoms with E-state index in [-0.39, 0.29) is 0 Å². The van der Waals surface area contributed by atoms with E-state index in [0.29, 0.717) is 12.1 Å². The molecule has 17 heavy (non-hydrogen) atoms. The summed E-state index contributed by atoms with van der Waals surface area (Å²) in [6.07, 6.45) is 2.41. The summed E-state index contributed by atoms with van der Waals surface area (Å²) in [6, 6.07) is 1.25. The van der Waals surface area contributed by atoms with Crippen LogP contribution in [0.1, 0.15) is 37.1 Å². The van der Waals surface area contributed by atoms with Crippen molar-refractivity contribution >= 4 is 0 Å². The van der Waals surface area contributed by atoms with Gasteiger partial charge in [-0.25, -0.2) is 4.98 Å². The Hall–Kier alpha value is -0.870. The molecule has 0 saturated carbocycles. The zero-order valence-electron chi connectivity index (χ0n) is 11.3. The van der Waals surface area contributed by atoms with Crippen LogP contribution >= 0.6 is 0 Å². The summed E-state index contributed by atoms with van der Waals surface area (Å²) in [4.78, 5) is 6.91. The van der Waals surface area contributed by atoms with Crippen LogP contribution in [0.3, 0.4) is 0 Å². The van der Waals surface area contributed by atoms with E-state index in [4.69, 9.17) is 4.42 Å². The smallest absolute Gasteiger partial charge is 0.208 e. The van der Waals surface area contributed by atoms with Gasteiger partial charge in [-0.05, 0) is 40.7 Å². The number of aryl methyl sites for hydroxylation is 2. The highest BCUT2D eigenvalue weighted by molar-refractivity contribution is 5.05. The number of piperidine rings is 1. The normalized spacial score (nSPS) is 26.4. The molecule has 2 unspecified atom stereocenters. The van der Waals surface area contributed by atoms with E-state index >= 15 is 0 Å². The van der Waals surface area contributed by atoms with Crippen molar-refractivity contribution < 1.29 is 4.42 Å². The second kappa shape index (κ2) is 5.19. The minimum absolute atomic E-state index is 0.591. The van der Waals surface area contributed by atoms with Crippen molar-refractivity contribution in [2.45, 2.75) is 52.2 Å². The van der Waals surface area contributed by atoms with Crippen LogP contribution < -0.4 is 5.32 Å². The maximum atomic E-state index is 5.65. The number of likely N-dealkylation sites (tertiary alicyclic amines) is 1. The van der Waals surface area contributed by atoms with E-state index in [2.05, 4.69) is 22.1 Å². The fourth-order valence-corrected chi connectivity index (χ4v) is 2.50. The van der Waals surface area contributed by atoms with E-state index in [1.807, 2.05) is 20.9 Å². The van der Waals surface area contributed by atoms with Gasteiger partial charge < -0.3 is 9.73 Å². The Morgan fingerprint density at radius 2 is 2.24 bits per heavy atom. The summed E-state index contributed by atoms with van der Waals surface area (Å²) in [7, 11) is 2.05. The zero-order valence-corrected chi connectivity index (χ0v) is 11.3. The van der Waals surface area contributed by atoms with Crippen LogP contribution in [0.25, 0.3) is 0 Å². The molecule has 0 spiro atoms. The van der Waals surface area contributed by atoms with Crippen LogP contribution in [0.2, 0.25) is 0 Å². The molecule has 96 valence electrons. The highest BCUT2D eigenvalue weighted by Crippen LogP contribution is 2.20. The van der Waals surface area contributed by atoms with E-state index < -0.39 is 0 Å². The fraction of sp³-hybridized carbons (Fsp3) is 0.769. The molecule has 0 aromatic carbocycles. The summed E-state index contributed by atoms with van der Waals surface area (Å²) < 4.78 is 5.65. The molecule has 0 amide bonds. The maximum absolute atomic E-state index is 5.65. The van der Waals surface area contributed by atoms with Crippen molar-refractivity contribution in [3.05, 3.63) is 17.3 Å². The molecular weight excluding hydrogens is 214 g/mol. The van der Waals surface area contributed by atoms with Gasteiger partial charge in [0.1, 0.15) is 5.76 Å². The van der Waals surface area contributed by atoms with Gasteiger partial charge >= 0.3 is 0 Å². The second-order valence-corrected chi connectivity index (χ2v) is 5.08. The molecule has 1 aromatic rings. The third-order valence-corrected chi connectivity index (χ3v) is 3.83. The summed E-state index contributed by atoms with van der Waals surface area (Å²) >= 11 is 0. The molecule has 0 bridgehead atoms. The number of rotatable bonds is 3. The quantitative estimate of drug-likeness (QED) is 0.871. The summed E-state index contributed by atoms with van der Waals surface area (Å²) in [5.41, 5.74) is 1.01. The molecule has 2 heterocycles. The van der Waals surface area contributed by atoms with Crippen molar-refractivity contribution in [3.63, 3.8) is 0 Å². The van der Waals surface area contributed by atoms with Gasteiger partial charge in [0.15, 0.2) is 0 Å². The number of aromatic nitrogens is 1. The van der Waals surface area contributed by atoms with Gasteiger partial charge in [0, 0.05) is 18.6 Å². The summed E-state index contributed by atoms with van der Waals surface area (Å²) in [5.74, 6) is 1.80. The van der Waals surface area contributed by atoms with Crippen LogP contribution in [0.15, 0.2) is 4.42 Å². The summed E-state index contributed by atoms with van der Waals surface area (Å²) in [5, 5.41) is 3.37.